The van der Waals surface area contributed by atoms with E-state index in [4.69, 9.17) is 4.74 Å². The molecule has 2 aromatic heterocycles. The molecule has 0 aliphatic rings. The number of ether oxygens (including phenoxy) is 1. The first kappa shape index (κ1) is 12.5. The maximum atomic E-state index is 11.8. The second-order valence-electron chi connectivity index (χ2n) is 4.03. The van der Waals surface area contributed by atoms with Gasteiger partial charge in [-0.3, -0.25) is 4.68 Å². The second-order valence-corrected chi connectivity index (χ2v) is 4.75. The molecule has 3 rings (SSSR count). The number of hydrogen-bond donors (Lipinski definition) is 0. The van der Waals surface area contributed by atoms with E-state index >= 15 is 0 Å². The Morgan fingerprint density at radius 2 is 2.25 bits per heavy atom. The normalized spacial score (nSPS) is 10.4. The summed E-state index contributed by atoms with van der Waals surface area (Å²) in [5, 5.41) is 5.85. The summed E-state index contributed by atoms with van der Waals surface area (Å²) in [6, 6.07) is 7.07. The summed E-state index contributed by atoms with van der Waals surface area (Å²) < 4.78 is 6.88. The van der Waals surface area contributed by atoms with Crippen molar-refractivity contribution in [3.63, 3.8) is 0 Å². The topological polar surface area (TPSA) is 69.9 Å². The molecule has 0 fully saturated rings. The Labute approximate surface area is 118 Å². The zero-order chi connectivity index (χ0) is 13.9. The molecule has 20 heavy (non-hydrogen) atoms. The van der Waals surface area contributed by atoms with E-state index in [1.807, 2.05) is 6.07 Å². The van der Waals surface area contributed by atoms with Crippen LogP contribution >= 0.6 is 11.3 Å². The Morgan fingerprint density at radius 3 is 2.95 bits per heavy atom. The predicted molar refractivity (Wildman–Crippen MR) is 73.5 cm³/mol. The number of hydrogen-bond acceptors (Lipinski definition) is 6. The molecule has 0 atom stereocenters. The lowest BCUT2D eigenvalue weighted by Gasteiger charge is -2.03. The van der Waals surface area contributed by atoms with Crippen LogP contribution in [0.25, 0.3) is 11.4 Å². The molecular formula is C13H10N4O2S. The lowest BCUT2D eigenvalue weighted by Crippen LogP contribution is -2.08. The van der Waals surface area contributed by atoms with E-state index in [1.54, 1.807) is 47.1 Å². The highest BCUT2D eigenvalue weighted by Crippen LogP contribution is 2.21. The van der Waals surface area contributed by atoms with Gasteiger partial charge in [-0.1, -0.05) is 12.1 Å². The number of carbonyl (C=O) groups excluding carboxylic acids is 1. The van der Waals surface area contributed by atoms with Crippen molar-refractivity contribution in [3.8, 4) is 17.1 Å². The van der Waals surface area contributed by atoms with Crippen molar-refractivity contribution in [1.29, 1.82) is 0 Å². The molecule has 0 aliphatic carbocycles. The summed E-state index contributed by atoms with van der Waals surface area (Å²) in [4.78, 5) is 19.9. The number of carbonyl (C=O) groups is 1. The number of esters is 1. The summed E-state index contributed by atoms with van der Waals surface area (Å²) in [7, 11) is 1.79. The zero-order valence-corrected chi connectivity index (χ0v) is 11.4. The summed E-state index contributed by atoms with van der Waals surface area (Å²) >= 11 is 1.35. The molecule has 100 valence electrons. The Kier molecular flexibility index (Phi) is 3.26. The van der Waals surface area contributed by atoms with Gasteiger partial charge in [0, 0.05) is 18.0 Å². The van der Waals surface area contributed by atoms with Crippen LogP contribution in [0.2, 0.25) is 0 Å². The van der Waals surface area contributed by atoms with E-state index in [0.717, 1.165) is 5.56 Å². The predicted octanol–water partition coefficient (Wildman–Crippen LogP) is 2.16. The maximum Gasteiger partial charge on any atom is 0.363 e. The maximum absolute atomic E-state index is 11.8. The quantitative estimate of drug-likeness (QED) is 0.545. The highest BCUT2D eigenvalue weighted by molar-refractivity contribution is 7.07. The van der Waals surface area contributed by atoms with E-state index in [2.05, 4.69) is 15.1 Å². The fourth-order valence-electron chi connectivity index (χ4n) is 1.64. The van der Waals surface area contributed by atoms with Gasteiger partial charge in [-0.05, 0) is 12.1 Å². The molecule has 0 amide bonds. The summed E-state index contributed by atoms with van der Waals surface area (Å²) in [6.07, 6.45) is 1.61. The van der Waals surface area contributed by atoms with Crippen molar-refractivity contribution in [2.45, 2.75) is 0 Å². The average Bonchev–Trinajstić information content (AvgIpc) is 3.10. The minimum atomic E-state index is -0.475. The lowest BCUT2D eigenvalue weighted by molar-refractivity contribution is 0.0729. The van der Waals surface area contributed by atoms with Crippen LogP contribution in [-0.4, -0.2) is 25.7 Å². The molecule has 0 aliphatic heterocycles. The SMILES string of the molecule is Cn1cnc(-c2cccc(OC(=O)c3cscn3)c2)n1. The van der Waals surface area contributed by atoms with Crippen molar-refractivity contribution in [3.05, 3.63) is 47.2 Å². The Balaban J connectivity index is 1.83. The minimum Gasteiger partial charge on any atom is -0.422 e. The van der Waals surface area contributed by atoms with Crippen LogP contribution in [0, 0.1) is 0 Å². The van der Waals surface area contributed by atoms with Gasteiger partial charge in [-0.25, -0.2) is 14.8 Å². The van der Waals surface area contributed by atoms with Crippen LogP contribution in [0.3, 0.4) is 0 Å². The summed E-state index contributed by atoms with van der Waals surface area (Å²) in [5.41, 5.74) is 2.68. The number of aromatic nitrogens is 4. The monoisotopic (exact) mass is 286 g/mol. The van der Waals surface area contributed by atoms with Gasteiger partial charge in [0.15, 0.2) is 11.5 Å². The van der Waals surface area contributed by atoms with E-state index in [-0.39, 0.29) is 0 Å². The standard InChI is InChI=1S/C13H10N4O2S/c1-17-7-14-12(16-17)9-3-2-4-10(5-9)19-13(18)11-6-20-8-15-11/h2-8H,1H3. The third-order valence-corrected chi connectivity index (χ3v) is 3.13. The highest BCUT2D eigenvalue weighted by atomic mass is 32.1. The van der Waals surface area contributed by atoms with Gasteiger partial charge in [0.05, 0.1) is 5.51 Å². The molecule has 7 heteroatoms. The van der Waals surface area contributed by atoms with Gasteiger partial charge < -0.3 is 4.74 Å². The summed E-state index contributed by atoms with van der Waals surface area (Å²) in [6.45, 7) is 0. The molecule has 0 saturated carbocycles. The van der Waals surface area contributed by atoms with Gasteiger partial charge in [0.1, 0.15) is 12.1 Å². The van der Waals surface area contributed by atoms with Crippen molar-refractivity contribution < 1.29 is 9.53 Å². The van der Waals surface area contributed by atoms with Crippen molar-refractivity contribution in [1.82, 2.24) is 19.7 Å². The fraction of sp³-hybridized carbons (Fsp3) is 0.0769. The molecule has 0 unspecified atom stereocenters. The van der Waals surface area contributed by atoms with Gasteiger partial charge in [-0.15, -0.1) is 11.3 Å². The van der Waals surface area contributed by atoms with Crippen LogP contribution in [0.1, 0.15) is 10.5 Å². The molecule has 2 heterocycles. The summed E-state index contributed by atoms with van der Waals surface area (Å²) in [5.74, 6) is 0.546. The number of benzene rings is 1. The number of nitrogens with zero attached hydrogens (tertiary/aromatic N) is 4. The van der Waals surface area contributed by atoms with E-state index in [1.165, 1.54) is 11.3 Å². The molecule has 0 bridgehead atoms. The molecular weight excluding hydrogens is 276 g/mol. The molecule has 0 N–H and O–H groups in total. The molecule has 0 saturated heterocycles. The van der Waals surface area contributed by atoms with Crippen molar-refractivity contribution in [2.24, 2.45) is 7.05 Å². The van der Waals surface area contributed by atoms with Crippen LogP contribution in [0.5, 0.6) is 5.75 Å². The third-order valence-electron chi connectivity index (χ3n) is 2.54. The van der Waals surface area contributed by atoms with Crippen molar-refractivity contribution >= 4 is 17.3 Å². The third kappa shape index (κ3) is 2.57. The van der Waals surface area contributed by atoms with Crippen LogP contribution in [0.15, 0.2) is 41.5 Å². The first-order chi connectivity index (χ1) is 9.72. The first-order valence-corrected chi connectivity index (χ1v) is 6.73. The molecule has 0 spiro atoms. The van der Waals surface area contributed by atoms with E-state index in [0.29, 0.717) is 17.3 Å². The Hall–Kier alpha value is -2.54. The van der Waals surface area contributed by atoms with Gasteiger partial charge in [0.25, 0.3) is 0 Å². The largest absolute Gasteiger partial charge is 0.422 e. The van der Waals surface area contributed by atoms with E-state index < -0.39 is 5.97 Å². The second kappa shape index (κ2) is 5.22. The number of aryl methyl sites for hydroxylation is 1. The molecule has 3 aromatic rings. The van der Waals surface area contributed by atoms with Crippen LogP contribution < -0.4 is 4.74 Å². The number of thiazole rings is 1. The average molecular weight is 286 g/mol. The van der Waals surface area contributed by atoms with Gasteiger partial charge in [-0.2, -0.15) is 5.10 Å². The Bertz CT molecular complexity index is 736. The van der Waals surface area contributed by atoms with Crippen LogP contribution in [0.4, 0.5) is 0 Å². The van der Waals surface area contributed by atoms with E-state index in [9.17, 15) is 4.79 Å². The fourth-order valence-corrected chi connectivity index (χ4v) is 2.16. The zero-order valence-electron chi connectivity index (χ0n) is 10.6. The number of rotatable bonds is 3. The molecule has 6 nitrogen and oxygen atoms in total. The van der Waals surface area contributed by atoms with Gasteiger partial charge >= 0.3 is 5.97 Å². The first-order valence-electron chi connectivity index (χ1n) is 5.79. The minimum absolute atomic E-state index is 0.302. The van der Waals surface area contributed by atoms with Crippen LogP contribution in [-0.2, 0) is 7.05 Å². The molecule has 1 aromatic carbocycles. The highest BCUT2D eigenvalue weighted by Gasteiger charge is 2.11. The molecule has 0 radical (unpaired) electrons. The smallest absolute Gasteiger partial charge is 0.363 e. The lowest BCUT2D eigenvalue weighted by atomic mass is 10.2. The van der Waals surface area contributed by atoms with Crippen molar-refractivity contribution in [2.75, 3.05) is 0 Å². The van der Waals surface area contributed by atoms with Gasteiger partial charge in [0.2, 0.25) is 0 Å². The Morgan fingerprint density at radius 1 is 1.35 bits per heavy atom.